The molecule has 1 aliphatic rings. The molecule has 0 unspecified atom stereocenters. The summed E-state index contributed by atoms with van der Waals surface area (Å²) in [5.74, 6) is -0.0890. The van der Waals surface area contributed by atoms with Gasteiger partial charge in [0.15, 0.2) is 5.82 Å². The molecule has 192 valence electrons. The molecule has 0 spiro atoms. The first-order chi connectivity index (χ1) is 18.1. The van der Waals surface area contributed by atoms with E-state index in [1.54, 1.807) is 43.7 Å². The molecule has 1 N–H and O–H groups in total. The second-order valence-corrected chi connectivity index (χ2v) is 10.3. The van der Waals surface area contributed by atoms with E-state index in [9.17, 15) is 9.59 Å². The summed E-state index contributed by atoms with van der Waals surface area (Å²) >= 11 is 0. The lowest BCUT2D eigenvalue weighted by Crippen LogP contribution is -2.41. The van der Waals surface area contributed by atoms with Crippen LogP contribution in [0.1, 0.15) is 43.6 Å². The Morgan fingerprint density at radius 2 is 1.50 bits per heavy atom. The molecule has 38 heavy (non-hydrogen) atoms. The van der Waals surface area contributed by atoms with Gasteiger partial charge in [0.25, 0.3) is 11.5 Å². The predicted octanol–water partition coefficient (Wildman–Crippen LogP) is 4.15. The molecule has 0 saturated carbocycles. The van der Waals surface area contributed by atoms with Gasteiger partial charge in [0.2, 0.25) is 0 Å². The van der Waals surface area contributed by atoms with Gasteiger partial charge in [0.1, 0.15) is 5.56 Å². The third-order valence-electron chi connectivity index (χ3n) is 7.23. The molecule has 3 heterocycles. The maximum atomic E-state index is 13.6. The Labute approximate surface area is 221 Å². The van der Waals surface area contributed by atoms with Gasteiger partial charge in [-0.1, -0.05) is 30.3 Å². The molecule has 2 aromatic carbocycles. The van der Waals surface area contributed by atoms with Gasteiger partial charge in [-0.2, -0.15) is 0 Å². The SMILES string of the molecule is Cc1c(-c2ncccn2)cn(-c2ccccc2)c(=O)c1C(=O)Nc1ccc(B2OC(C)(C)C(C)(C)O2)cc1. The number of aromatic nitrogens is 3. The van der Waals surface area contributed by atoms with Crippen LogP contribution in [0.25, 0.3) is 17.1 Å². The van der Waals surface area contributed by atoms with E-state index in [4.69, 9.17) is 9.31 Å². The highest BCUT2D eigenvalue weighted by Gasteiger charge is 2.51. The first kappa shape index (κ1) is 25.6. The fraction of sp³-hybridized carbons (Fsp3) is 0.241. The molecule has 1 fully saturated rings. The Morgan fingerprint density at radius 1 is 0.895 bits per heavy atom. The smallest absolute Gasteiger partial charge is 0.399 e. The maximum Gasteiger partial charge on any atom is 0.494 e. The second-order valence-electron chi connectivity index (χ2n) is 10.3. The molecule has 9 heteroatoms. The minimum atomic E-state index is -0.515. The normalized spacial score (nSPS) is 15.9. The van der Waals surface area contributed by atoms with Crippen molar-refractivity contribution in [3.63, 3.8) is 0 Å². The summed E-state index contributed by atoms with van der Waals surface area (Å²) in [4.78, 5) is 35.8. The van der Waals surface area contributed by atoms with Crippen molar-refractivity contribution in [2.75, 3.05) is 5.32 Å². The highest BCUT2D eigenvalue weighted by atomic mass is 16.7. The number of anilines is 1. The number of benzene rings is 2. The minimum absolute atomic E-state index is 0.0221. The van der Waals surface area contributed by atoms with E-state index in [0.717, 1.165) is 5.46 Å². The van der Waals surface area contributed by atoms with Crippen LogP contribution in [-0.2, 0) is 9.31 Å². The lowest BCUT2D eigenvalue weighted by atomic mass is 9.79. The van der Waals surface area contributed by atoms with Gasteiger partial charge in [0.05, 0.1) is 11.2 Å². The van der Waals surface area contributed by atoms with Gasteiger partial charge in [0, 0.05) is 35.5 Å². The van der Waals surface area contributed by atoms with Crippen molar-refractivity contribution in [3.05, 3.63) is 101 Å². The number of pyridine rings is 1. The van der Waals surface area contributed by atoms with Crippen molar-refractivity contribution in [1.82, 2.24) is 14.5 Å². The topological polar surface area (TPSA) is 95.3 Å². The van der Waals surface area contributed by atoms with Gasteiger partial charge in [-0.05, 0) is 76.0 Å². The summed E-state index contributed by atoms with van der Waals surface area (Å²) in [5, 5.41) is 2.87. The van der Waals surface area contributed by atoms with E-state index in [1.807, 2.05) is 70.2 Å². The van der Waals surface area contributed by atoms with E-state index >= 15 is 0 Å². The Bertz CT molecular complexity index is 1520. The molecule has 0 aliphatic carbocycles. The fourth-order valence-electron chi connectivity index (χ4n) is 4.31. The Morgan fingerprint density at radius 3 is 2.11 bits per heavy atom. The van der Waals surface area contributed by atoms with Crippen molar-refractivity contribution in [2.24, 2.45) is 0 Å². The highest BCUT2D eigenvalue weighted by Crippen LogP contribution is 2.36. The quantitative estimate of drug-likeness (QED) is 0.407. The molecule has 2 aromatic heterocycles. The van der Waals surface area contributed by atoms with Crippen LogP contribution in [0.15, 0.2) is 84.0 Å². The molecule has 0 bridgehead atoms. The number of carbonyl (C=O) groups is 1. The monoisotopic (exact) mass is 508 g/mol. The predicted molar refractivity (Wildman–Crippen MR) is 148 cm³/mol. The summed E-state index contributed by atoms with van der Waals surface area (Å²) in [7, 11) is -0.507. The number of para-hydroxylation sites is 1. The number of carbonyl (C=O) groups excluding carboxylic acids is 1. The molecule has 0 atom stereocenters. The molecule has 5 rings (SSSR count). The Kier molecular flexibility index (Phi) is 6.50. The average molecular weight is 508 g/mol. The summed E-state index contributed by atoms with van der Waals surface area (Å²) < 4.78 is 13.7. The summed E-state index contributed by atoms with van der Waals surface area (Å²) in [6.07, 6.45) is 4.93. The van der Waals surface area contributed by atoms with E-state index in [0.29, 0.717) is 28.3 Å². The highest BCUT2D eigenvalue weighted by molar-refractivity contribution is 6.62. The number of hydrogen-bond donors (Lipinski definition) is 1. The summed E-state index contributed by atoms with van der Waals surface area (Å²) in [6, 6.07) is 18.1. The van der Waals surface area contributed by atoms with Gasteiger partial charge in [-0.25, -0.2) is 9.97 Å². The molecular weight excluding hydrogens is 479 g/mol. The van der Waals surface area contributed by atoms with Crippen LogP contribution < -0.4 is 16.3 Å². The standard InChI is InChI=1S/C29H29BN4O4/c1-19-23(25-31-16-9-17-32-25)18-34(22-10-7-6-8-11-22)27(36)24(19)26(35)33-21-14-12-20(13-15-21)30-37-28(2,3)29(4,5)38-30/h6-18H,1-5H3,(H,33,35). The molecule has 1 amide bonds. The first-order valence-electron chi connectivity index (χ1n) is 12.4. The number of rotatable bonds is 5. The van der Waals surface area contributed by atoms with E-state index < -0.39 is 29.8 Å². The Hall–Kier alpha value is -4.08. The van der Waals surface area contributed by atoms with Crippen molar-refractivity contribution in [1.29, 1.82) is 0 Å². The lowest BCUT2D eigenvalue weighted by molar-refractivity contribution is 0.00578. The number of nitrogens with zero attached hydrogens (tertiary/aromatic N) is 3. The van der Waals surface area contributed by atoms with Crippen LogP contribution >= 0.6 is 0 Å². The maximum absolute atomic E-state index is 13.6. The van der Waals surface area contributed by atoms with Crippen molar-refractivity contribution in [3.8, 4) is 17.1 Å². The van der Waals surface area contributed by atoms with E-state index in [2.05, 4.69) is 15.3 Å². The Balaban J connectivity index is 1.48. The molecule has 1 aliphatic heterocycles. The third-order valence-corrected chi connectivity index (χ3v) is 7.23. The second kappa shape index (κ2) is 9.66. The number of nitrogens with one attached hydrogen (secondary N) is 1. The molecule has 4 aromatic rings. The van der Waals surface area contributed by atoms with Crippen molar-refractivity contribution >= 4 is 24.2 Å². The van der Waals surface area contributed by atoms with Crippen LogP contribution in [0.4, 0.5) is 5.69 Å². The van der Waals surface area contributed by atoms with Crippen LogP contribution in [0, 0.1) is 6.92 Å². The van der Waals surface area contributed by atoms with Crippen LogP contribution in [0.5, 0.6) is 0 Å². The zero-order valence-electron chi connectivity index (χ0n) is 22.1. The zero-order chi connectivity index (χ0) is 27.1. The largest absolute Gasteiger partial charge is 0.494 e. The van der Waals surface area contributed by atoms with Crippen LogP contribution in [0.2, 0.25) is 0 Å². The summed E-state index contributed by atoms with van der Waals surface area (Å²) in [5.41, 5.74) is 1.80. The minimum Gasteiger partial charge on any atom is -0.399 e. The van der Waals surface area contributed by atoms with Gasteiger partial charge in [-0.3, -0.25) is 14.2 Å². The van der Waals surface area contributed by atoms with Gasteiger partial charge in [-0.15, -0.1) is 0 Å². The molecule has 8 nitrogen and oxygen atoms in total. The van der Waals surface area contributed by atoms with Crippen molar-refractivity contribution in [2.45, 2.75) is 45.8 Å². The van der Waals surface area contributed by atoms with E-state index in [1.165, 1.54) is 4.57 Å². The molecule has 0 radical (unpaired) electrons. The fourth-order valence-corrected chi connectivity index (χ4v) is 4.31. The average Bonchev–Trinajstić information content (AvgIpc) is 3.12. The molecule has 1 saturated heterocycles. The van der Waals surface area contributed by atoms with Gasteiger partial charge < -0.3 is 14.6 Å². The summed E-state index contributed by atoms with van der Waals surface area (Å²) in [6.45, 7) is 9.74. The lowest BCUT2D eigenvalue weighted by Gasteiger charge is -2.32. The first-order valence-corrected chi connectivity index (χ1v) is 12.4. The van der Waals surface area contributed by atoms with Crippen LogP contribution in [0.3, 0.4) is 0 Å². The third kappa shape index (κ3) is 4.66. The van der Waals surface area contributed by atoms with Gasteiger partial charge >= 0.3 is 7.12 Å². The number of amides is 1. The number of hydrogen-bond acceptors (Lipinski definition) is 6. The van der Waals surface area contributed by atoms with Crippen molar-refractivity contribution < 1.29 is 14.1 Å². The molecular formula is C29H29BN4O4. The van der Waals surface area contributed by atoms with Crippen LogP contribution in [-0.4, -0.2) is 38.8 Å². The van der Waals surface area contributed by atoms with E-state index in [-0.39, 0.29) is 5.56 Å². The zero-order valence-corrected chi connectivity index (χ0v) is 22.1.